The second-order valence-corrected chi connectivity index (χ2v) is 5.89. The summed E-state index contributed by atoms with van der Waals surface area (Å²) in [4.78, 5) is 14.8. The molecule has 1 amide bonds. The number of rotatable bonds is 2. The summed E-state index contributed by atoms with van der Waals surface area (Å²) in [7, 11) is 0. The molecule has 2 atom stereocenters. The highest BCUT2D eigenvalue weighted by molar-refractivity contribution is 9.10. The van der Waals surface area contributed by atoms with Crippen LogP contribution in [0.4, 0.5) is 0 Å². The minimum absolute atomic E-state index is 0.0563. The number of morpholine rings is 1. The molecule has 2 heterocycles. The number of nitrogens with two attached hydrogens (primary N) is 1. The van der Waals surface area contributed by atoms with Crippen LogP contribution in [0.1, 0.15) is 16.6 Å². The Kier molecular flexibility index (Phi) is 4.19. The maximum Gasteiger partial charge on any atom is 0.265 e. The molecule has 17 heavy (non-hydrogen) atoms. The maximum atomic E-state index is 12.3. The zero-order valence-corrected chi connectivity index (χ0v) is 12.0. The predicted octanol–water partition coefficient (Wildman–Crippen LogP) is 1.70. The van der Waals surface area contributed by atoms with Gasteiger partial charge in [0.05, 0.1) is 12.7 Å². The first-order valence-corrected chi connectivity index (χ1v) is 7.16. The van der Waals surface area contributed by atoms with Crippen LogP contribution in [0.5, 0.6) is 0 Å². The average molecular weight is 319 g/mol. The Morgan fingerprint density at radius 1 is 1.76 bits per heavy atom. The number of carbonyl (C=O) groups excluding carboxylic acids is 1. The van der Waals surface area contributed by atoms with Gasteiger partial charge in [-0.3, -0.25) is 4.79 Å². The van der Waals surface area contributed by atoms with E-state index in [0.717, 1.165) is 9.35 Å². The number of nitrogens with zero attached hydrogens (tertiary/aromatic N) is 1. The van der Waals surface area contributed by atoms with Crippen molar-refractivity contribution < 1.29 is 9.53 Å². The van der Waals surface area contributed by atoms with Gasteiger partial charge in [-0.15, -0.1) is 11.3 Å². The van der Waals surface area contributed by atoms with E-state index in [1.807, 2.05) is 23.3 Å². The highest BCUT2D eigenvalue weighted by Crippen LogP contribution is 2.25. The van der Waals surface area contributed by atoms with Gasteiger partial charge in [-0.1, -0.05) is 0 Å². The Balaban J connectivity index is 2.07. The Hall–Kier alpha value is -0.430. The first kappa shape index (κ1) is 13.0. The van der Waals surface area contributed by atoms with Crippen molar-refractivity contribution in [1.82, 2.24) is 4.90 Å². The van der Waals surface area contributed by atoms with Gasteiger partial charge in [0.25, 0.3) is 5.91 Å². The van der Waals surface area contributed by atoms with E-state index < -0.39 is 0 Å². The summed E-state index contributed by atoms with van der Waals surface area (Å²) in [6.07, 6.45) is -0.0635. The molecule has 0 saturated carbocycles. The van der Waals surface area contributed by atoms with Gasteiger partial charge in [0.1, 0.15) is 4.88 Å². The molecule has 2 N–H and O–H groups in total. The fourth-order valence-corrected chi connectivity index (χ4v) is 3.28. The second-order valence-electron chi connectivity index (χ2n) is 4.12. The molecule has 1 aliphatic rings. The van der Waals surface area contributed by atoms with Crippen LogP contribution in [-0.2, 0) is 4.74 Å². The predicted molar refractivity (Wildman–Crippen MR) is 71.3 cm³/mol. The normalized spacial score (nSPS) is 22.5. The molecular formula is C11H15BrN2O2S. The maximum absolute atomic E-state index is 12.3. The van der Waals surface area contributed by atoms with Crippen LogP contribution in [0.2, 0.25) is 0 Å². The third-order valence-corrected chi connectivity index (χ3v) is 4.60. The number of halogens is 1. The number of hydrogen-bond donors (Lipinski definition) is 1. The molecule has 1 saturated heterocycles. The monoisotopic (exact) mass is 318 g/mol. The summed E-state index contributed by atoms with van der Waals surface area (Å²) in [6, 6.07) is 1.83. The van der Waals surface area contributed by atoms with E-state index in [0.29, 0.717) is 19.7 Å². The van der Waals surface area contributed by atoms with Crippen molar-refractivity contribution >= 4 is 33.2 Å². The van der Waals surface area contributed by atoms with E-state index in [1.165, 1.54) is 11.3 Å². The van der Waals surface area contributed by atoms with Crippen LogP contribution in [0, 0.1) is 0 Å². The smallest absolute Gasteiger partial charge is 0.265 e. The fourth-order valence-electron chi connectivity index (χ4n) is 1.77. The quantitative estimate of drug-likeness (QED) is 0.903. The Bertz CT molecular complexity index is 408. The SMILES string of the molecule is C[C@@H](N)[C@H]1CN(C(=O)c2sccc2Br)CCO1. The zero-order chi connectivity index (χ0) is 12.4. The lowest BCUT2D eigenvalue weighted by atomic mass is 10.1. The van der Waals surface area contributed by atoms with Gasteiger partial charge in [-0.2, -0.15) is 0 Å². The zero-order valence-electron chi connectivity index (χ0n) is 9.56. The minimum Gasteiger partial charge on any atom is -0.373 e. The van der Waals surface area contributed by atoms with E-state index in [1.54, 1.807) is 0 Å². The largest absolute Gasteiger partial charge is 0.373 e. The Morgan fingerprint density at radius 2 is 2.53 bits per heavy atom. The summed E-state index contributed by atoms with van der Waals surface area (Å²) < 4.78 is 6.40. The van der Waals surface area contributed by atoms with Gasteiger partial charge in [-0.05, 0) is 34.3 Å². The van der Waals surface area contributed by atoms with Crippen molar-refractivity contribution in [3.8, 4) is 0 Å². The fraction of sp³-hybridized carbons (Fsp3) is 0.545. The molecule has 1 fully saturated rings. The van der Waals surface area contributed by atoms with Gasteiger partial charge in [-0.25, -0.2) is 0 Å². The first-order chi connectivity index (χ1) is 8.09. The van der Waals surface area contributed by atoms with Crippen molar-refractivity contribution in [2.75, 3.05) is 19.7 Å². The third kappa shape index (κ3) is 2.88. The lowest BCUT2D eigenvalue weighted by molar-refractivity contribution is -0.0298. The van der Waals surface area contributed by atoms with Gasteiger partial charge in [0.15, 0.2) is 0 Å². The Labute approximate surface area is 113 Å². The van der Waals surface area contributed by atoms with Crippen LogP contribution in [-0.4, -0.2) is 42.6 Å². The molecule has 1 aromatic rings. The van der Waals surface area contributed by atoms with Crippen molar-refractivity contribution in [2.24, 2.45) is 5.73 Å². The van der Waals surface area contributed by atoms with Crippen LogP contribution >= 0.6 is 27.3 Å². The number of amides is 1. The average Bonchev–Trinajstić information content (AvgIpc) is 2.74. The van der Waals surface area contributed by atoms with Crippen molar-refractivity contribution in [3.63, 3.8) is 0 Å². The van der Waals surface area contributed by atoms with E-state index in [2.05, 4.69) is 15.9 Å². The molecule has 0 radical (unpaired) electrons. The first-order valence-electron chi connectivity index (χ1n) is 5.49. The second kappa shape index (κ2) is 5.48. The van der Waals surface area contributed by atoms with E-state index in [9.17, 15) is 4.79 Å². The summed E-state index contributed by atoms with van der Waals surface area (Å²) in [6.45, 7) is 3.66. The molecular weight excluding hydrogens is 304 g/mol. The lowest BCUT2D eigenvalue weighted by Gasteiger charge is -2.34. The summed E-state index contributed by atoms with van der Waals surface area (Å²) in [5, 5.41) is 1.90. The van der Waals surface area contributed by atoms with E-state index in [4.69, 9.17) is 10.5 Å². The molecule has 6 heteroatoms. The molecule has 0 aromatic carbocycles. The molecule has 4 nitrogen and oxygen atoms in total. The Morgan fingerprint density at radius 3 is 3.12 bits per heavy atom. The molecule has 0 bridgehead atoms. The topological polar surface area (TPSA) is 55.6 Å². The van der Waals surface area contributed by atoms with Crippen molar-refractivity contribution in [3.05, 3.63) is 20.8 Å². The van der Waals surface area contributed by atoms with E-state index >= 15 is 0 Å². The van der Waals surface area contributed by atoms with Crippen molar-refractivity contribution in [2.45, 2.75) is 19.1 Å². The summed E-state index contributed by atoms with van der Waals surface area (Å²) >= 11 is 4.84. The van der Waals surface area contributed by atoms with Crippen molar-refractivity contribution in [1.29, 1.82) is 0 Å². The molecule has 94 valence electrons. The lowest BCUT2D eigenvalue weighted by Crippen LogP contribution is -2.51. The summed E-state index contributed by atoms with van der Waals surface area (Å²) in [5.74, 6) is 0.0563. The highest BCUT2D eigenvalue weighted by atomic mass is 79.9. The van der Waals surface area contributed by atoms with Crippen LogP contribution in [0.3, 0.4) is 0 Å². The highest BCUT2D eigenvalue weighted by Gasteiger charge is 2.28. The number of thiophene rings is 1. The molecule has 1 aliphatic heterocycles. The van der Waals surface area contributed by atoms with Gasteiger partial charge >= 0.3 is 0 Å². The van der Waals surface area contributed by atoms with E-state index in [-0.39, 0.29) is 18.1 Å². The van der Waals surface area contributed by atoms with Gasteiger partial charge in [0.2, 0.25) is 0 Å². The third-order valence-electron chi connectivity index (χ3n) is 2.78. The van der Waals surface area contributed by atoms with Crippen LogP contribution in [0.25, 0.3) is 0 Å². The minimum atomic E-state index is -0.0635. The summed E-state index contributed by atoms with van der Waals surface area (Å²) in [5.41, 5.74) is 5.81. The number of ether oxygens (including phenoxy) is 1. The standard InChI is InChI=1S/C11H15BrN2O2S/c1-7(13)9-6-14(3-4-16-9)11(15)10-8(12)2-5-17-10/h2,5,7,9H,3-4,6,13H2,1H3/t7-,9-/m1/s1. The molecule has 0 aliphatic carbocycles. The van der Waals surface area contributed by atoms with Gasteiger partial charge in [0, 0.05) is 23.6 Å². The van der Waals surface area contributed by atoms with Crippen LogP contribution < -0.4 is 5.73 Å². The van der Waals surface area contributed by atoms with Crippen LogP contribution in [0.15, 0.2) is 15.9 Å². The molecule has 2 rings (SSSR count). The molecule has 0 spiro atoms. The molecule has 0 unspecified atom stereocenters. The number of hydrogen-bond acceptors (Lipinski definition) is 4. The van der Waals surface area contributed by atoms with Gasteiger partial charge < -0.3 is 15.4 Å². The molecule has 1 aromatic heterocycles. The number of carbonyl (C=O) groups is 1.